The van der Waals surface area contributed by atoms with Crippen molar-refractivity contribution in [2.24, 2.45) is 0 Å². The smallest absolute Gasteiger partial charge is 0.249 e. The molecule has 5 rings (SSSR count). The maximum Gasteiger partial charge on any atom is 0.249 e. The molecule has 1 aliphatic carbocycles. The Hall–Kier alpha value is -4.07. The molecule has 1 aromatic heterocycles. The van der Waals surface area contributed by atoms with Gasteiger partial charge in [-0.15, -0.1) is 5.10 Å². The van der Waals surface area contributed by atoms with Gasteiger partial charge in [0.1, 0.15) is 23.9 Å². The van der Waals surface area contributed by atoms with E-state index in [-0.39, 0.29) is 24.4 Å². The van der Waals surface area contributed by atoms with E-state index in [4.69, 9.17) is 0 Å². The molecule has 7 nitrogen and oxygen atoms in total. The second-order valence-electron chi connectivity index (χ2n) is 9.28. The van der Waals surface area contributed by atoms with Crippen LogP contribution >= 0.6 is 0 Å². The minimum atomic E-state index is -0.977. The summed E-state index contributed by atoms with van der Waals surface area (Å²) < 4.78 is 15.4. The molecule has 36 heavy (non-hydrogen) atoms. The van der Waals surface area contributed by atoms with Crippen molar-refractivity contribution in [3.8, 4) is 0 Å². The number of hydrogen-bond acceptors (Lipinski definition) is 4. The molecule has 0 spiro atoms. The first-order valence-corrected chi connectivity index (χ1v) is 12.2. The number of halogens is 1. The molecule has 0 saturated heterocycles. The molecule has 2 amide bonds. The third-order valence-corrected chi connectivity index (χ3v) is 6.65. The summed E-state index contributed by atoms with van der Waals surface area (Å²) in [6.45, 7) is 1.82. The lowest BCUT2D eigenvalue weighted by molar-refractivity contribution is -0.127. The number of amides is 2. The average Bonchev–Trinajstić information content (AvgIpc) is 3.53. The highest BCUT2D eigenvalue weighted by atomic mass is 19.1. The van der Waals surface area contributed by atoms with Gasteiger partial charge in [-0.25, -0.2) is 9.07 Å². The van der Waals surface area contributed by atoms with Crippen LogP contribution in [-0.2, 0) is 16.1 Å². The Bertz CT molecular complexity index is 1380. The Morgan fingerprint density at radius 1 is 1.06 bits per heavy atom. The van der Waals surface area contributed by atoms with Gasteiger partial charge in [0.05, 0.1) is 5.52 Å². The van der Waals surface area contributed by atoms with Crippen LogP contribution in [-0.4, -0.2) is 32.9 Å². The molecular formula is C28H28FN5O2. The summed E-state index contributed by atoms with van der Waals surface area (Å²) in [5, 5.41) is 11.5. The van der Waals surface area contributed by atoms with Crippen LogP contribution in [0.5, 0.6) is 0 Å². The largest absolute Gasteiger partial charge is 0.351 e. The number of nitrogens with one attached hydrogen (secondary N) is 1. The quantitative estimate of drug-likeness (QED) is 0.411. The van der Waals surface area contributed by atoms with Crippen LogP contribution in [0.4, 0.5) is 10.1 Å². The summed E-state index contributed by atoms with van der Waals surface area (Å²) in [6, 6.07) is 19.7. The summed E-state index contributed by atoms with van der Waals surface area (Å²) in [5.74, 6) is -1.02. The molecular weight excluding hydrogens is 457 g/mol. The molecule has 1 fully saturated rings. The second kappa shape index (κ2) is 10.3. The number of carbonyl (C=O) groups excluding carboxylic acids is 2. The van der Waals surface area contributed by atoms with Crippen LogP contribution in [0.15, 0.2) is 72.8 Å². The number of rotatable bonds is 7. The zero-order chi connectivity index (χ0) is 25.1. The fraction of sp³-hybridized carbons (Fsp3) is 0.286. The molecule has 8 heteroatoms. The third kappa shape index (κ3) is 4.98. The van der Waals surface area contributed by atoms with Gasteiger partial charge in [0.25, 0.3) is 0 Å². The zero-order valence-electron chi connectivity index (χ0n) is 20.1. The molecule has 0 radical (unpaired) electrons. The summed E-state index contributed by atoms with van der Waals surface area (Å²) in [5.41, 5.74) is 3.47. The molecule has 0 bridgehead atoms. The topological polar surface area (TPSA) is 80.1 Å². The molecule has 184 valence electrons. The van der Waals surface area contributed by atoms with Gasteiger partial charge in [-0.2, -0.15) is 0 Å². The number of aryl methyl sites for hydroxylation is 1. The van der Waals surface area contributed by atoms with E-state index in [1.165, 1.54) is 21.7 Å². The van der Waals surface area contributed by atoms with E-state index in [1.807, 2.05) is 55.5 Å². The minimum Gasteiger partial charge on any atom is -0.351 e. The van der Waals surface area contributed by atoms with Crippen LogP contribution < -0.4 is 10.2 Å². The number of carbonyl (C=O) groups is 2. The number of nitrogens with zero attached hydrogens (tertiary/aromatic N) is 4. The van der Waals surface area contributed by atoms with Crippen molar-refractivity contribution in [1.82, 2.24) is 20.3 Å². The number of para-hydroxylation sites is 1. The lowest BCUT2D eigenvalue weighted by atomic mass is 10.0. The molecule has 1 N–H and O–H groups in total. The van der Waals surface area contributed by atoms with Crippen LogP contribution in [0.2, 0.25) is 0 Å². The van der Waals surface area contributed by atoms with Crippen molar-refractivity contribution in [1.29, 1.82) is 0 Å². The molecule has 1 heterocycles. The predicted octanol–water partition coefficient (Wildman–Crippen LogP) is 4.71. The van der Waals surface area contributed by atoms with Crippen LogP contribution in [0, 0.1) is 12.7 Å². The highest BCUT2D eigenvalue weighted by Crippen LogP contribution is 2.30. The highest BCUT2D eigenvalue weighted by molar-refractivity contribution is 6.01. The van der Waals surface area contributed by atoms with E-state index in [0.717, 1.165) is 36.8 Å². The van der Waals surface area contributed by atoms with Crippen LogP contribution in [0.3, 0.4) is 0 Å². The van der Waals surface area contributed by atoms with Gasteiger partial charge in [-0.3, -0.25) is 14.5 Å². The molecule has 1 atom stereocenters. The fourth-order valence-corrected chi connectivity index (χ4v) is 4.87. The summed E-state index contributed by atoms with van der Waals surface area (Å²) in [4.78, 5) is 29.2. The Morgan fingerprint density at radius 3 is 2.56 bits per heavy atom. The fourth-order valence-electron chi connectivity index (χ4n) is 4.87. The van der Waals surface area contributed by atoms with Gasteiger partial charge in [0.2, 0.25) is 11.8 Å². The van der Waals surface area contributed by atoms with E-state index in [2.05, 4.69) is 15.6 Å². The molecule has 1 unspecified atom stereocenters. The number of hydrogen-bond donors (Lipinski definition) is 1. The Labute approximate surface area is 208 Å². The first-order chi connectivity index (χ1) is 17.5. The van der Waals surface area contributed by atoms with Gasteiger partial charge < -0.3 is 5.32 Å². The first-order valence-electron chi connectivity index (χ1n) is 12.2. The standard InChI is InChI=1S/C28H28FN5O2/c1-19-7-6-10-23(17-19)34(26(35)18-33-25-12-5-4-11-24(25)31-32-33)27(20-13-15-21(29)16-14-20)28(36)30-22-8-2-3-9-22/h4-7,10-17,22,27H,2-3,8-9,18H2,1H3,(H,30,36). The van der Waals surface area contributed by atoms with Crippen molar-refractivity contribution < 1.29 is 14.0 Å². The molecule has 0 aliphatic heterocycles. The molecule has 1 saturated carbocycles. The van der Waals surface area contributed by atoms with Crippen molar-refractivity contribution in [3.05, 3.63) is 89.7 Å². The monoisotopic (exact) mass is 485 g/mol. The van der Waals surface area contributed by atoms with Gasteiger partial charge in [0.15, 0.2) is 0 Å². The number of benzene rings is 3. The molecule has 4 aromatic rings. The van der Waals surface area contributed by atoms with E-state index in [1.54, 1.807) is 12.1 Å². The normalized spacial score (nSPS) is 14.6. The van der Waals surface area contributed by atoms with E-state index >= 15 is 0 Å². The van der Waals surface area contributed by atoms with Gasteiger partial charge in [-0.1, -0.05) is 54.5 Å². The van der Waals surface area contributed by atoms with Crippen molar-refractivity contribution in [2.75, 3.05) is 4.90 Å². The van der Waals surface area contributed by atoms with Crippen molar-refractivity contribution in [2.45, 2.75) is 51.2 Å². The van der Waals surface area contributed by atoms with Gasteiger partial charge in [-0.05, 0) is 67.3 Å². The predicted molar refractivity (Wildman–Crippen MR) is 136 cm³/mol. The first kappa shape index (κ1) is 23.7. The number of fused-ring (bicyclic) bond motifs is 1. The van der Waals surface area contributed by atoms with E-state index in [0.29, 0.717) is 16.8 Å². The Morgan fingerprint density at radius 2 is 1.81 bits per heavy atom. The summed E-state index contributed by atoms with van der Waals surface area (Å²) in [7, 11) is 0. The van der Waals surface area contributed by atoms with Crippen LogP contribution in [0.25, 0.3) is 11.0 Å². The second-order valence-corrected chi connectivity index (χ2v) is 9.28. The minimum absolute atomic E-state index is 0.0640. The van der Waals surface area contributed by atoms with Crippen molar-refractivity contribution >= 4 is 28.5 Å². The third-order valence-electron chi connectivity index (χ3n) is 6.65. The van der Waals surface area contributed by atoms with Crippen molar-refractivity contribution in [3.63, 3.8) is 0 Å². The lowest BCUT2D eigenvalue weighted by Crippen LogP contribution is -2.47. The maximum absolute atomic E-state index is 14.0. The summed E-state index contributed by atoms with van der Waals surface area (Å²) >= 11 is 0. The zero-order valence-corrected chi connectivity index (χ0v) is 20.1. The number of anilines is 1. The molecule has 1 aliphatic rings. The highest BCUT2D eigenvalue weighted by Gasteiger charge is 2.34. The SMILES string of the molecule is Cc1cccc(N(C(=O)Cn2nnc3ccccc32)C(C(=O)NC2CCCC2)c2ccc(F)cc2)c1. The van der Waals surface area contributed by atoms with E-state index < -0.39 is 11.9 Å². The number of aromatic nitrogens is 3. The van der Waals surface area contributed by atoms with E-state index in [9.17, 15) is 14.0 Å². The maximum atomic E-state index is 14.0. The van der Waals surface area contributed by atoms with Crippen LogP contribution in [0.1, 0.15) is 42.9 Å². The van der Waals surface area contributed by atoms with Gasteiger partial charge in [0, 0.05) is 11.7 Å². The average molecular weight is 486 g/mol. The summed E-state index contributed by atoms with van der Waals surface area (Å²) in [6.07, 6.45) is 3.94. The van der Waals surface area contributed by atoms with Gasteiger partial charge >= 0.3 is 0 Å². The lowest BCUT2D eigenvalue weighted by Gasteiger charge is -2.32. The Kier molecular flexibility index (Phi) is 6.75. The molecule has 3 aromatic carbocycles. The Balaban J connectivity index is 1.57.